The Kier molecular flexibility index (Phi) is 6.39. The Labute approximate surface area is 109 Å². The van der Waals surface area contributed by atoms with Gasteiger partial charge in [-0.2, -0.15) is 0 Å². The highest BCUT2D eigenvalue weighted by Crippen LogP contribution is 2.12. The van der Waals surface area contributed by atoms with Gasteiger partial charge in [-0.3, -0.25) is 4.79 Å². The minimum Gasteiger partial charge on any atom is -0.380 e. The van der Waals surface area contributed by atoms with Gasteiger partial charge in [-0.25, -0.2) is 0 Å². The van der Waals surface area contributed by atoms with E-state index in [1.54, 1.807) is 7.11 Å². The molecule has 0 saturated carbocycles. The summed E-state index contributed by atoms with van der Waals surface area (Å²) >= 11 is 0. The fourth-order valence-corrected chi connectivity index (χ4v) is 1.70. The molecule has 0 bridgehead atoms. The number of rotatable bonds is 7. The van der Waals surface area contributed by atoms with Gasteiger partial charge in [0, 0.05) is 12.8 Å². The second-order valence-corrected chi connectivity index (χ2v) is 4.37. The molecule has 0 heterocycles. The summed E-state index contributed by atoms with van der Waals surface area (Å²) in [5, 5.41) is 2.83. The molecule has 0 aliphatic rings. The van der Waals surface area contributed by atoms with E-state index in [2.05, 4.69) is 12.2 Å². The number of unbranched alkanes of at least 4 members (excludes halogenated alkanes) is 1. The van der Waals surface area contributed by atoms with Gasteiger partial charge in [0.25, 0.3) is 0 Å². The predicted molar refractivity (Wildman–Crippen MR) is 73.3 cm³/mol. The topological polar surface area (TPSA) is 64.4 Å². The second kappa shape index (κ2) is 7.84. The lowest BCUT2D eigenvalue weighted by molar-refractivity contribution is -0.117. The van der Waals surface area contributed by atoms with Crippen molar-refractivity contribution in [2.24, 2.45) is 5.73 Å². The summed E-state index contributed by atoms with van der Waals surface area (Å²) in [7, 11) is 1.64. The lowest BCUT2D eigenvalue weighted by Gasteiger charge is -2.12. The van der Waals surface area contributed by atoms with E-state index in [1.807, 2.05) is 24.3 Å². The molecule has 18 heavy (non-hydrogen) atoms. The van der Waals surface area contributed by atoms with E-state index in [0.29, 0.717) is 6.61 Å². The normalized spacial score (nSPS) is 12.2. The molecule has 1 amide bonds. The number of hydrogen-bond acceptors (Lipinski definition) is 3. The molecule has 1 aromatic carbocycles. The number of carbonyl (C=O) groups excluding carboxylic acids is 1. The van der Waals surface area contributed by atoms with Crippen LogP contribution >= 0.6 is 0 Å². The van der Waals surface area contributed by atoms with Crippen molar-refractivity contribution in [2.45, 2.75) is 38.8 Å². The molecular formula is C14H22N2O2. The SMILES string of the molecule is CCCC[C@H](N)C(=O)Nc1cccc(COC)c1. The van der Waals surface area contributed by atoms with Crippen molar-refractivity contribution in [3.8, 4) is 0 Å². The number of nitrogens with two attached hydrogens (primary N) is 1. The van der Waals surface area contributed by atoms with Gasteiger partial charge in [0.15, 0.2) is 0 Å². The molecule has 3 N–H and O–H groups in total. The first-order valence-corrected chi connectivity index (χ1v) is 6.31. The average Bonchev–Trinajstić information content (AvgIpc) is 2.36. The lowest BCUT2D eigenvalue weighted by Crippen LogP contribution is -2.35. The number of carbonyl (C=O) groups is 1. The number of amides is 1. The van der Waals surface area contributed by atoms with Gasteiger partial charge in [-0.15, -0.1) is 0 Å². The van der Waals surface area contributed by atoms with Crippen molar-refractivity contribution in [3.05, 3.63) is 29.8 Å². The Bertz CT molecular complexity index is 380. The highest BCUT2D eigenvalue weighted by atomic mass is 16.5. The average molecular weight is 250 g/mol. The largest absolute Gasteiger partial charge is 0.380 e. The highest BCUT2D eigenvalue weighted by Gasteiger charge is 2.12. The summed E-state index contributed by atoms with van der Waals surface area (Å²) in [6.45, 7) is 2.62. The van der Waals surface area contributed by atoms with Crippen LogP contribution in [0.5, 0.6) is 0 Å². The van der Waals surface area contributed by atoms with E-state index >= 15 is 0 Å². The van der Waals surface area contributed by atoms with E-state index in [0.717, 1.165) is 30.5 Å². The molecule has 100 valence electrons. The molecule has 0 saturated heterocycles. The fraction of sp³-hybridized carbons (Fsp3) is 0.500. The second-order valence-electron chi connectivity index (χ2n) is 4.37. The molecule has 1 aromatic rings. The number of methoxy groups -OCH3 is 1. The Morgan fingerprint density at radius 3 is 2.94 bits per heavy atom. The van der Waals surface area contributed by atoms with E-state index < -0.39 is 6.04 Å². The summed E-state index contributed by atoms with van der Waals surface area (Å²) in [4.78, 5) is 11.8. The van der Waals surface area contributed by atoms with Crippen molar-refractivity contribution in [2.75, 3.05) is 12.4 Å². The maximum atomic E-state index is 11.8. The summed E-state index contributed by atoms with van der Waals surface area (Å²) in [6.07, 6.45) is 2.74. The van der Waals surface area contributed by atoms with Crippen LogP contribution in [-0.4, -0.2) is 19.1 Å². The van der Waals surface area contributed by atoms with E-state index in [1.165, 1.54) is 0 Å². The minimum absolute atomic E-state index is 0.127. The van der Waals surface area contributed by atoms with Crippen molar-refractivity contribution < 1.29 is 9.53 Å². The summed E-state index contributed by atoms with van der Waals surface area (Å²) in [6, 6.07) is 7.16. The predicted octanol–water partition coefficient (Wildman–Crippen LogP) is 2.29. The molecule has 0 fully saturated rings. The zero-order valence-electron chi connectivity index (χ0n) is 11.1. The quantitative estimate of drug-likeness (QED) is 0.780. The molecule has 4 heteroatoms. The molecule has 0 aliphatic heterocycles. The van der Waals surface area contributed by atoms with Crippen LogP contribution in [0, 0.1) is 0 Å². The molecule has 0 unspecified atom stereocenters. The molecule has 4 nitrogen and oxygen atoms in total. The summed E-state index contributed by atoms with van der Waals surface area (Å²) in [5.41, 5.74) is 7.60. The molecule has 0 aliphatic carbocycles. The molecule has 1 atom stereocenters. The maximum absolute atomic E-state index is 11.8. The lowest BCUT2D eigenvalue weighted by atomic mass is 10.1. The number of ether oxygens (including phenoxy) is 1. The van der Waals surface area contributed by atoms with Crippen LogP contribution in [0.3, 0.4) is 0 Å². The zero-order chi connectivity index (χ0) is 13.4. The third-order valence-electron chi connectivity index (χ3n) is 2.71. The zero-order valence-corrected chi connectivity index (χ0v) is 11.1. The minimum atomic E-state index is -0.434. The first-order chi connectivity index (χ1) is 8.67. The molecule has 0 radical (unpaired) electrons. The van der Waals surface area contributed by atoms with Crippen molar-refractivity contribution in [3.63, 3.8) is 0 Å². The van der Waals surface area contributed by atoms with Crippen LogP contribution in [0.15, 0.2) is 24.3 Å². The van der Waals surface area contributed by atoms with Crippen molar-refractivity contribution >= 4 is 11.6 Å². The first-order valence-electron chi connectivity index (χ1n) is 6.31. The van der Waals surface area contributed by atoms with E-state index in [-0.39, 0.29) is 5.91 Å². The van der Waals surface area contributed by atoms with Crippen molar-refractivity contribution in [1.29, 1.82) is 0 Å². The smallest absolute Gasteiger partial charge is 0.241 e. The van der Waals surface area contributed by atoms with Crippen LogP contribution in [-0.2, 0) is 16.1 Å². The van der Waals surface area contributed by atoms with Gasteiger partial charge < -0.3 is 15.8 Å². The molecule has 1 rings (SSSR count). The number of anilines is 1. The standard InChI is InChI=1S/C14H22N2O2/c1-3-4-8-13(15)14(17)16-12-7-5-6-11(9-12)10-18-2/h5-7,9,13H,3-4,8,10,15H2,1-2H3,(H,16,17)/t13-/m0/s1. The summed E-state index contributed by atoms with van der Waals surface area (Å²) < 4.78 is 5.05. The Morgan fingerprint density at radius 2 is 2.28 bits per heavy atom. The number of benzene rings is 1. The van der Waals surface area contributed by atoms with Crippen LogP contribution < -0.4 is 11.1 Å². The van der Waals surface area contributed by atoms with Gasteiger partial charge >= 0.3 is 0 Å². The summed E-state index contributed by atoms with van der Waals surface area (Å²) in [5.74, 6) is -0.127. The fourth-order valence-electron chi connectivity index (χ4n) is 1.70. The van der Waals surface area contributed by atoms with Crippen molar-refractivity contribution in [1.82, 2.24) is 0 Å². The molecular weight excluding hydrogens is 228 g/mol. The van der Waals surface area contributed by atoms with Gasteiger partial charge in [-0.05, 0) is 24.1 Å². The maximum Gasteiger partial charge on any atom is 0.241 e. The first kappa shape index (κ1) is 14.7. The van der Waals surface area contributed by atoms with Crippen LogP contribution in [0.2, 0.25) is 0 Å². The van der Waals surface area contributed by atoms with Gasteiger partial charge in [0.2, 0.25) is 5.91 Å². The van der Waals surface area contributed by atoms with Crippen LogP contribution in [0.25, 0.3) is 0 Å². The molecule has 0 aromatic heterocycles. The Hall–Kier alpha value is -1.39. The van der Waals surface area contributed by atoms with E-state index in [9.17, 15) is 4.79 Å². The molecule has 0 spiro atoms. The third kappa shape index (κ3) is 4.85. The van der Waals surface area contributed by atoms with E-state index in [4.69, 9.17) is 10.5 Å². The van der Waals surface area contributed by atoms with Gasteiger partial charge in [0.05, 0.1) is 12.6 Å². The Balaban J connectivity index is 2.55. The van der Waals surface area contributed by atoms with Crippen LogP contribution in [0.1, 0.15) is 31.7 Å². The van der Waals surface area contributed by atoms with Gasteiger partial charge in [-0.1, -0.05) is 31.9 Å². The third-order valence-corrected chi connectivity index (χ3v) is 2.71. The monoisotopic (exact) mass is 250 g/mol. The number of hydrogen-bond donors (Lipinski definition) is 2. The van der Waals surface area contributed by atoms with Crippen LogP contribution in [0.4, 0.5) is 5.69 Å². The highest BCUT2D eigenvalue weighted by molar-refractivity contribution is 5.94. The Morgan fingerprint density at radius 1 is 1.50 bits per heavy atom. The van der Waals surface area contributed by atoms with Gasteiger partial charge in [0.1, 0.15) is 0 Å². The number of nitrogens with one attached hydrogen (secondary N) is 1.